The summed E-state index contributed by atoms with van der Waals surface area (Å²) in [6.45, 7) is 0. The monoisotopic (exact) mass is 871 g/mol. The van der Waals surface area contributed by atoms with E-state index in [1.54, 1.807) is 6.21 Å². The third-order valence-corrected chi connectivity index (χ3v) is 12.6. The van der Waals surface area contributed by atoms with E-state index >= 15 is 0 Å². The molecular weight excluding hydrogens is 831 g/mol. The van der Waals surface area contributed by atoms with Crippen LogP contribution in [0.5, 0.6) is 0 Å². The molecule has 12 rings (SSSR count). The molecule has 9 aromatic carbocycles. The molecule has 0 aliphatic heterocycles. The molecule has 0 bridgehead atoms. The van der Waals surface area contributed by atoms with Gasteiger partial charge in [-0.1, -0.05) is 182 Å². The van der Waals surface area contributed by atoms with E-state index in [0.29, 0.717) is 22.7 Å². The molecule has 0 fully saturated rings. The minimum Gasteiger partial charge on any atom is -0.455 e. The molecule has 0 spiro atoms. The second kappa shape index (κ2) is 17.3. The lowest BCUT2D eigenvalue weighted by molar-refractivity contribution is 0.670. The Morgan fingerprint density at radius 1 is 0.485 bits per heavy atom. The van der Waals surface area contributed by atoms with Crippen molar-refractivity contribution in [2.45, 2.75) is 0 Å². The van der Waals surface area contributed by atoms with Gasteiger partial charge in [0.2, 0.25) is 0 Å². The third-order valence-electron chi connectivity index (χ3n) is 12.6. The molecule has 0 radical (unpaired) electrons. The van der Waals surface area contributed by atoms with Crippen molar-refractivity contribution in [1.82, 2.24) is 9.55 Å². The summed E-state index contributed by atoms with van der Waals surface area (Å²) in [5.41, 5.74) is 14.7. The van der Waals surface area contributed by atoms with Crippen LogP contribution in [0.3, 0.4) is 0 Å². The molecule has 0 amide bonds. The SMILES string of the molecule is N=C(N=C(N=Cc1ccccc1)c1ccccc1)c1cc(-c2ccc(-c3ccccc3)c(-c3ccccc3)c2)cnc1-c1cccc2c1oc1cc3c4ccccc4n(-c4ccccc4)c3cc12. The highest BCUT2D eigenvalue weighted by Crippen LogP contribution is 2.42. The number of nitrogens with zero attached hydrogens (tertiary/aromatic N) is 4. The Hall–Kier alpha value is -9.26. The summed E-state index contributed by atoms with van der Waals surface area (Å²) in [7, 11) is 0. The quantitative estimate of drug-likeness (QED) is 0.122. The largest absolute Gasteiger partial charge is 0.455 e. The van der Waals surface area contributed by atoms with E-state index in [9.17, 15) is 5.41 Å². The molecule has 6 nitrogen and oxygen atoms in total. The number of hydrogen-bond acceptors (Lipinski definition) is 3. The topological polar surface area (TPSA) is 79.5 Å². The van der Waals surface area contributed by atoms with Crippen molar-refractivity contribution in [2.24, 2.45) is 9.98 Å². The van der Waals surface area contributed by atoms with Crippen LogP contribution in [-0.2, 0) is 0 Å². The Labute approximate surface area is 393 Å². The van der Waals surface area contributed by atoms with Crippen LogP contribution in [0.1, 0.15) is 16.7 Å². The standard InChI is InChI=1S/C62H41N5O/c63-61(66-62(44-25-12-4-13-26-44)65-39-41-19-6-1-7-20-41)55-36-46(45-33-34-48(42-21-8-2-9-22-42)52(35-45)43-23-10-3-11-24-43)40-64-59(55)51-31-18-30-50-54-37-57-53(38-58(54)68-60(50)51)49-29-16-17-32-56(49)67(57)47-27-14-5-15-28-47/h1-40,63H. The van der Waals surface area contributed by atoms with Gasteiger partial charge in [-0.05, 0) is 81.9 Å². The average Bonchev–Trinajstić information content (AvgIpc) is 3.95. The summed E-state index contributed by atoms with van der Waals surface area (Å²) in [6.07, 6.45) is 3.69. The van der Waals surface area contributed by atoms with Gasteiger partial charge in [0.15, 0.2) is 11.7 Å². The Balaban J connectivity index is 1.06. The van der Waals surface area contributed by atoms with Gasteiger partial charge >= 0.3 is 0 Å². The second-order valence-corrected chi connectivity index (χ2v) is 16.8. The molecule has 3 heterocycles. The molecule has 3 aromatic heterocycles. The first-order valence-electron chi connectivity index (χ1n) is 22.7. The molecule has 0 saturated heterocycles. The third kappa shape index (κ3) is 7.36. The summed E-state index contributed by atoms with van der Waals surface area (Å²) >= 11 is 0. The molecule has 12 aromatic rings. The summed E-state index contributed by atoms with van der Waals surface area (Å²) in [4.78, 5) is 15.2. The molecule has 0 aliphatic carbocycles. The van der Waals surface area contributed by atoms with Crippen LogP contribution in [0.15, 0.2) is 251 Å². The Bertz CT molecular complexity index is 3890. The van der Waals surface area contributed by atoms with Crippen molar-refractivity contribution in [3.8, 4) is 50.3 Å². The van der Waals surface area contributed by atoms with Crippen molar-refractivity contribution in [3.63, 3.8) is 0 Å². The Kier molecular flexibility index (Phi) is 10.2. The van der Waals surface area contributed by atoms with E-state index in [2.05, 4.69) is 138 Å². The Morgan fingerprint density at radius 3 is 1.88 bits per heavy atom. The normalized spacial score (nSPS) is 11.9. The zero-order valence-corrected chi connectivity index (χ0v) is 36.8. The number of pyridine rings is 1. The first kappa shape index (κ1) is 40.3. The van der Waals surface area contributed by atoms with Crippen LogP contribution in [-0.4, -0.2) is 27.4 Å². The van der Waals surface area contributed by atoms with E-state index < -0.39 is 0 Å². The predicted molar refractivity (Wildman–Crippen MR) is 281 cm³/mol. The van der Waals surface area contributed by atoms with Crippen molar-refractivity contribution < 1.29 is 4.42 Å². The minimum atomic E-state index is 0.0183. The zero-order chi connectivity index (χ0) is 45.4. The van der Waals surface area contributed by atoms with E-state index in [0.717, 1.165) is 93.9 Å². The van der Waals surface area contributed by atoms with Crippen molar-refractivity contribution in [3.05, 3.63) is 253 Å². The molecule has 68 heavy (non-hydrogen) atoms. The molecule has 320 valence electrons. The number of rotatable bonds is 8. The first-order chi connectivity index (χ1) is 33.6. The number of para-hydroxylation sites is 3. The fourth-order valence-electron chi connectivity index (χ4n) is 9.36. The highest BCUT2D eigenvalue weighted by atomic mass is 16.3. The molecule has 0 unspecified atom stereocenters. The summed E-state index contributed by atoms with van der Waals surface area (Å²) in [5.74, 6) is 0.430. The van der Waals surface area contributed by atoms with Crippen molar-refractivity contribution in [2.75, 3.05) is 0 Å². The van der Waals surface area contributed by atoms with E-state index in [1.165, 1.54) is 0 Å². The number of aliphatic imine (C=N–C) groups is 2. The van der Waals surface area contributed by atoms with E-state index in [1.807, 2.05) is 103 Å². The van der Waals surface area contributed by atoms with Gasteiger partial charge in [-0.15, -0.1) is 0 Å². The van der Waals surface area contributed by atoms with Gasteiger partial charge in [0, 0.05) is 61.9 Å². The number of amidine groups is 2. The number of nitrogens with one attached hydrogen (secondary N) is 1. The van der Waals surface area contributed by atoms with E-state index in [4.69, 9.17) is 19.4 Å². The molecule has 0 aliphatic rings. The number of benzene rings is 9. The lowest BCUT2D eigenvalue weighted by Crippen LogP contribution is -2.07. The van der Waals surface area contributed by atoms with Gasteiger partial charge in [-0.3, -0.25) is 10.4 Å². The first-order valence-corrected chi connectivity index (χ1v) is 22.7. The predicted octanol–water partition coefficient (Wildman–Crippen LogP) is 15.6. The summed E-state index contributed by atoms with van der Waals surface area (Å²) in [6, 6.07) is 78.8. The van der Waals surface area contributed by atoms with Gasteiger partial charge in [0.25, 0.3) is 0 Å². The second-order valence-electron chi connectivity index (χ2n) is 16.8. The van der Waals surface area contributed by atoms with Gasteiger partial charge in [-0.25, -0.2) is 9.98 Å². The summed E-state index contributed by atoms with van der Waals surface area (Å²) < 4.78 is 9.26. The smallest absolute Gasteiger partial charge is 0.161 e. The van der Waals surface area contributed by atoms with Gasteiger partial charge in [-0.2, -0.15) is 0 Å². The minimum absolute atomic E-state index is 0.0183. The molecule has 0 saturated carbocycles. The van der Waals surface area contributed by atoms with Crippen LogP contribution in [0.2, 0.25) is 0 Å². The van der Waals surface area contributed by atoms with Gasteiger partial charge in [0.05, 0.1) is 16.7 Å². The number of furan rings is 1. The lowest BCUT2D eigenvalue weighted by Gasteiger charge is -2.15. The zero-order valence-electron chi connectivity index (χ0n) is 36.8. The molecule has 6 heteroatoms. The molecular formula is C62H41N5O. The van der Waals surface area contributed by atoms with Crippen molar-refractivity contribution in [1.29, 1.82) is 5.41 Å². The number of aromatic nitrogens is 2. The van der Waals surface area contributed by atoms with Crippen LogP contribution in [0, 0.1) is 5.41 Å². The average molecular weight is 872 g/mol. The van der Waals surface area contributed by atoms with E-state index in [-0.39, 0.29) is 5.84 Å². The maximum Gasteiger partial charge on any atom is 0.161 e. The maximum absolute atomic E-state index is 9.90. The maximum atomic E-state index is 9.90. The molecule has 0 atom stereocenters. The molecule has 1 N–H and O–H groups in total. The van der Waals surface area contributed by atoms with Crippen LogP contribution >= 0.6 is 0 Å². The lowest BCUT2D eigenvalue weighted by atomic mass is 9.91. The highest BCUT2D eigenvalue weighted by molar-refractivity contribution is 6.20. The van der Waals surface area contributed by atoms with Crippen LogP contribution in [0.25, 0.3) is 94.1 Å². The van der Waals surface area contributed by atoms with Gasteiger partial charge < -0.3 is 8.98 Å². The number of fused-ring (bicyclic) bond motifs is 6. The fourth-order valence-corrected chi connectivity index (χ4v) is 9.36. The summed E-state index contributed by atoms with van der Waals surface area (Å²) in [5, 5.41) is 14.1. The van der Waals surface area contributed by atoms with Gasteiger partial charge in [0.1, 0.15) is 11.2 Å². The fraction of sp³-hybridized carbons (Fsp3) is 0. The van der Waals surface area contributed by atoms with Crippen LogP contribution in [0.4, 0.5) is 0 Å². The number of hydrogen-bond donors (Lipinski definition) is 1. The Morgan fingerprint density at radius 2 is 1.13 bits per heavy atom. The highest BCUT2D eigenvalue weighted by Gasteiger charge is 2.22. The van der Waals surface area contributed by atoms with Crippen LogP contribution < -0.4 is 0 Å². The van der Waals surface area contributed by atoms with Crippen molar-refractivity contribution >= 4 is 61.6 Å².